The monoisotopic (exact) mass is 518 g/mol. The average molecular weight is 519 g/mol. The first-order chi connectivity index (χ1) is 19.3. The highest BCUT2D eigenvalue weighted by atomic mass is 14.4. The quantitative estimate of drug-likeness (QED) is 0.218. The number of hydrogen-bond acceptors (Lipinski definition) is 0. The molecule has 0 spiro atoms. The minimum atomic E-state index is 0.112. The Morgan fingerprint density at radius 1 is 0.400 bits per heavy atom. The van der Waals surface area contributed by atoms with E-state index in [1.165, 1.54) is 66.8 Å². The second-order valence-electron chi connectivity index (χ2n) is 13.2. The average Bonchev–Trinajstić information content (AvgIpc) is 3.16. The molecule has 7 rings (SSSR count). The molecule has 0 N–H and O–H groups in total. The summed E-state index contributed by atoms with van der Waals surface area (Å²) in [6.07, 6.45) is 4.50. The summed E-state index contributed by atoms with van der Waals surface area (Å²) in [5.74, 6) is 0. The SMILES string of the molecule is CC1(C)CCc2cc3c(cc2-c2ccc(-c4ccccc4)cc21)CCC(C)(C)c1cc(-c2ccccc2)ccc1-3. The number of hydrogen-bond donors (Lipinski definition) is 0. The first kappa shape index (κ1) is 25.1. The molecule has 0 aliphatic heterocycles. The zero-order chi connectivity index (χ0) is 27.5. The molecule has 0 unspecified atom stereocenters. The van der Waals surface area contributed by atoms with E-state index in [-0.39, 0.29) is 10.8 Å². The summed E-state index contributed by atoms with van der Waals surface area (Å²) in [5.41, 5.74) is 17.1. The Morgan fingerprint density at radius 3 is 1.20 bits per heavy atom. The molecule has 2 aliphatic rings. The lowest BCUT2D eigenvalue weighted by molar-refractivity contribution is 0.485. The molecule has 0 saturated heterocycles. The van der Waals surface area contributed by atoms with Crippen LogP contribution in [0.2, 0.25) is 0 Å². The van der Waals surface area contributed by atoms with Crippen LogP contribution in [0.15, 0.2) is 109 Å². The fraction of sp³-hybridized carbons (Fsp3) is 0.250. The van der Waals surface area contributed by atoms with Crippen molar-refractivity contribution in [1.82, 2.24) is 0 Å². The van der Waals surface area contributed by atoms with E-state index in [1.54, 1.807) is 0 Å². The number of rotatable bonds is 2. The van der Waals surface area contributed by atoms with Gasteiger partial charge < -0.3 is 0 Å². The molecule has 0 amide bonds. The van der Waals surface area contributed by atoms with Crippen LogP contribution >= 0.6 is 0 Å². The third-order valence-corrected chi connectivity index (χ3v) is 9.66. The highest BCUT2D eigenvalue weighted by Crippen LogP contribution is 2.48. The predicted molar refractivity (Wildman–Crippen MR) is 171 cm³/mol. The molecular weight excluding hydrogens is 480 g/mol. The van der Waals surface area contributed by atoms with Crippen LogP contribution in [-0.4, -0.2) is 0 Å². The van der Waals surface area contributed by atoms with Gasteiger partial charge in [-0.25, -0.2) is 0 Å². The van der Waals surface area contributed by atoms with Gasteiger partial charge in [0.15, 0.2) is 0 Å². The first-order valence-corrected chi connectivity index (χ1v) is 14.9. The summed E-state index contributed by atoms with van der Waals surface area (Å²) >= 11 is 0. The van der Waals surface area contributed by atoms with Crippen molar-refractivity contribution in [2.24, 2.45) is 0 Å². The van der Waals surface area contributed by atoms with Crippen LogP contribution in [-0.2, 0) is 23.7 Å². The van der Waals surface area contributed by atoms with Crippen molar-refractivity contribution in [3.05, 3.63) is 131 Å². The third kappa shape index (κ3) is 4.22. The molecule has 40 heavy (non-hydrogen) atoms. The molecule has 0 fully saturated rings. The van der Waals surface area contributed by atoms with Gasteiger partial charge in [0, 0.05) is 0 Å². The van der Waals surface area contributed by atoms with Crippen LogP contribution in [0.25, 0.3) is 44.5 Å². The van der Waals surface area contributed by atoms with Gasteiger partial charge in [-0.05, 0) is 115 Å². The van der Waals surface area contributed by atoms with Gasteiger partial charge in [0.05, 0.1) is 0 Å². The van der Waals surface area contributed by atoms with Gasteiger partial charge in [-0.1, -0.05) is 125 Å². The van der Waals surface area contributed by atoms with Crippen molar-refractivity contribution in [3.8, 4) is 44.5 Å². The van der Waals surface area contributed by atoms with Crippen LogP contribution in [0.3, 0.4) is 0 Å². The smallest absolute Gasteiger partial charge is 0.00940 e. The number of aryl methyl sites for hydroxylation is 2. The lowest BCUT2D eigenvalue weighted by atomic mass is 9.78. The molecule has 0 radical (unpaired) electrons. The van der Waals surface area contributed by atoms with Crippen molar-refractivity contribution in [2.75, 3.05) is 0 Å². The van der Waals surface area contributed by atoms with Gasteiger partial charge in [0.2, 0.25) is 0 Å². The van der Waals surface area contributed by atoms with Gasteiger partial charge in [-0.2, -0.15) is 0 Å². The van der Waals surface area contributed by atoms with Crippen molar-refractivity contribution in [3.63, 3.8) is 0 Å². The Morgan fingerprint density at radius 2 is 0.800 bits per heavy atom. The molecule has 5 aromatic rings. The number of benzene rings is 5. The van der Waals surface area contributed by atoms with Crippen LogP contribution in [0, 0.1) is 0 Å². The van der Waals surface area contributed by atoms with E-state index < -0.39 is 0 Å². The van der Waals surface area contributed by atoms with E-state index in [1.807, 2.05) is 0 Å². The molecule has 5 aromatic carbocycles. The van der Waals surface area contributed by atoms with Gasteiger partial charge in [0.1, 0.15) is 0 Å². The van der Waals surface area contributed by atoms with Gasteiger partial charge in [-0.3, -0.25) is 0 Å². The fourth-order valence-corrected chi connectivity index (χ4v) is 7.07. The number of fused-ring (bicyclic) bond motifs is 6. The summed E-state index contributed by atoms with van der Waals surface area (Å²) < 4.78 is 0. The van der Waals surface area contributed by atoms with Crippen molar-refractivity contribution < 1.29 is 0 Å². The minimum Gasteiger partial charge on any atom is -0.0622 e. The van der Waals surface area contributed by atoms with Crippen molar-refractivity contribution in [1.29, 1.82) is 0 Å². The largest absolute Gasteiger partial charge is 0.0622 e. The molecule has 0 atom stereocenters. The van der Waals surface area contributed by atoms with Crippen LogP contribution in [0.5, 0.6) is 0 Å². The Hall–Kier alpha value is -3.90. The Kier molecular flexibility index (Phi) is 5.86. The highest BCUT2D eigenvalue weighted by Gasteiger charge is 2.32. The Bertz CT molecular complexity index is 1590. The molecule has 0 nitrogen and oxygen atoms in total. The first-order valence-electron chi connectivity index (χ1n) is 14.9. The predicted octanol–water partition coefficient (Wildman–Crippen LogP) is 10.8. The zero-order valence-electron chi connectivity index (χ0n) is 24.2. The van der Waals surface area contributed by atoms with Crippen LogP contribution in [0.1, 0.15) is 62.8 Å². The van der Waals surface area contributed by atoms with Crippen molar-refractivity contribution >= 4 is 0 Å². The fourth-order valence-electron chi connectivity index (χ4n) is 7.07. The topological polar surface area (TPSA) is 0 Å². The van der Waals surface area contributed by atoms with E-state index >= 15 is 0 Å². The molecule has 0 bridgehead atoms. The summed E-state index contributed by atoms with van der Waals surface area (Å²) in [7, 11) is 0. The molecule has 0 heterocycles. The summed E-state index contributed by atoms with van der Waals surface area (Å²) in [6.45, 7) is 9.72. The minimum absolute atomic E-state index is 0.112. The zero-order valence-corrected chi connectivity index (χ0v) is 24.2. The van der Waals surface area contributed by atoms with E-state index in [2.05, 4.69) is 137 Å². The van der Waals surface area contributed by atoms with E-state index in [4.69, 9.17) is 0 Å². The van der Waals surface area contributed by atoms with Gasteiger partial charge >= 0.3 is 0 Å². The van der Waals surface area contributed by atoms with Gasteiger partial charge in [-0.15, -0.1) is 0 Å². The summed E-state index contributed by atoms with van der Waals surface area (Å²) in [4.78, 5) is 0. The maximum Gasteiger partial charge on any atom is -0.00940 e. The standard InChI is InChI=1S/C40H38/c1-39(2)21-19-31-23-36-32(24-35(31)33-17-15-29(25-37(33)39)27-11-7-5-8-12-27)20-22-40(3,4)38-26-30(16-18-34(36)38)28-13-9-6-10-14-28/h5-18,23-26H,19-22H2,1-4H3. The lowest BCUT2D eigenvalue weighted by Crippen LogP contribution is -2.17. The van der Waals surface area contributed by atoms with E-state index in [9.17, 15) is 0 Å². The maximum atomic E-state index is 2.56. The second-order valence-corrected chi connectivity index (χ2v) is 13.2. The van der Waals surface area contributed by atoms with E-state index in [0.717, 1.165) is 25.7 Å². The normalized spacial score (nSPS) is 16.5. The molecule has 2 aliphatic carbocycles. The summed E-state index contributed by atoms with van der Waals surface area (Å²) in [6, 6.07) is 41.1. The molecular formula is C40H38. The molecule has 0 saturated carbocycles. The molecule has 198 valence electrons. The molecule has 0 heteroatoms. The van der Waals surface area contributed by atoms with Gasteiger partial charge in [0.25, 0.3) is 0 Å². The second kappa shape index (κ2) is 9.34. The molecule has 0 aromatic heterocycles. The highest BCUT2D eigenvalue weighted by molar-refractivity contribution is 5.84. The Labute approximate surface area is 239 Å². The van der Waals surface area contributed by atoms with Crippen LogP contribution in [0.4, 0.5) is 0 Å². The maximum absolute atomic E-state index is 2.56. The van der Waals surface area contributed by atoms with Crippen LogP contribution < -0.4 is 0 Å². The third-order valence-electron chi connectivity index (χ3n) is 9.66. The summed E-state index contributed by atoms with van der Waals surface area (Å²) in [5, 5.41) is 0. The van der Waals surface area contributed by atoms with Crippen molar-refractivity contribution in [2.45, 2.75) is 64.2 Å². The lowest BCUT2D eigenvalue weighted by Gasteiger charge is -2.26. The van der Waals surface area contributed by atoms with E-state index in [0.29, 0.717) is 0 Å². The Balaban J connectivity index is 1.39.